The molecule has 5 nitrogen and oxygen atoms in total. The Morgan fingerprint density at radius 1 is 1.21 bits per heavy atom. The zero-order valence-corrected chi connectivity index (χ0v) is 15.0. The van der Waals surface area contributed by atoms with Gasteiger partial charge < -0.3 is 9.64 Å². The summed E-state index contributed by atoms with van der Waals surface area (Å²) in [5.41, 5.74) is 0.746. The summed E-state index contributed by atoms with van der Waals surface area (Å²) < 4.78 is 4.93. The van der Waals surface area contributed by atoms with E-state index < -0.39 is 0 Å². The molecule has 1 amide bonds. The minimum Gasteiger partial charge on any atom is -0.465 e. The van der Waals surface area contributed by atoms with Crippen LogP contribution in [0.5, 0.6) is 0 Å². The Morgan fingerprint density at radius 3 is 2.54 bits per heavy atom. The third-order valence-electron chi connectivity index (χ3n) is 3.71. The van der Waals surface area contributed by atoms with Crippen molar-refractivity contribution in [1.82, 2.24) is 9.80 Å². The second-order valence-corrected chi connectivity index (χ2v) is 6.25. The highest BCUT2D eigenvalue weighted by atomic mass is 35.5. The van der Waals surface area contributed by atoms with Crippen LogP contribution >= 0.6 is 23.2 Å². The van der Waals surface area contributed by atoms with Gasteiger partial charge in [-0.25, -0.2) is 0 Å². The zero-order chi connectivity index (χ0) is 17.5. The van der Waals surface area contributed by atoms with Crippen molar-refractivity contribution < 1.29 is 14.3 Å². The molecule has 24 heavy (non-hydrogen) atoms. The van der Waals surface area contributed by atoms with Crippen LogP contribution in [0.1, 0.15) is 12.5 Å². The van der Waals surface area contributed by atoms with E-state index in [1.165, 1.54) is 6.08 Å². The van der Waals surface area contributed by atoms with Crippen LogP contribution in [0.2, 0.25) is 10.0 Å². The Bertz CT molecular complexity index is 626. The number of hydrogen-bond donors (Lipinski definition) is 0. The molecule has 1 aromatic rings. The van der Waals surface area contributed by atoms with E-state index in [0.29, 0.717) is 42.8 Å². The second-order valence-electron chi connectivity index (χ2n) is 5.41. The van der Waals surface area contributed by atoms with Gasteiger partial charge in [-0.2, -0.15) is 0 Å². The largest absolute Gasteiger partial charge is 0.465 e. The number of halogens is 2. The van der Waals surface area contributed by atoms with Crippen molar-refractivity contribution in [1.29, 1.82) is 0 Å². The average molecular weight is 371 g/mol. The van der Waals surface area contributed by atoms with Gasteiger partial charge in [-0.05, 0) is 30.7 Å². The molecule has 1 fully saturated rings. The smallest absolute Gasteiger partial charge is 0.320 e. The molecule has 0 atom stereocenters. The van der Waals surface area contributed by atoms with Crippen molar-refractivity contribution >= 4 is 41.2 Å². The maximum absolute atomic E-state index is 12.2. The number of amides is 1. The van der Waals surface area contributed by atoms with E-state index in [9.17, 15) is 9.59 Å². The molecule has 2 rings (SSSR count). The van der Waals surface area contributed by atoms with Gasteiger partial charge in [-0.15, -0.1) is 0 Å². The fraction of sp³-hybridized carbons (Fsp3) is 0.412. The van der Waals surface area contributed by atoms with Gasteiger partial charge >= 0.3 is 5.97 Å². The minimum atomic E-state index is -0.227. The van der Waals surface area contributed by atoms with Crippen LogP contribution in [0.15, 0.2) is 24.3 Å². The Morgan fingerprint density at radius 2 is 1.92 bits per heavy atom. The number of ether oxygens (including phenoxy) is 1. The van der Waals surface area contributed by atoms with E-state index in [-0.39, 0.29) is 18.4 Å². The maximum atomic E-state index is 12.2. The summed E-state index contributed by atoms with van der Waals surface area (Å²) in [6.45, 7) is 4.91. The fourth-order valence-corrected chi connectivity index (χ4v) is 2.89. The summed E-state index contributed by atoms with van der Waals surface area (Å²) in [5, 5.41) is 1.06. The lowest BCUT2D eigenvalue weighted by Crippen LogP contribution is -2.49. The topological polar surface area (TPSA) is 49.9 Å². The van der Waals surface area contributed by atoms with E-state index >= 15 is 0 Å². The van der Waals surface area contributed by atoms with Gasteiger partial charge in [0.25, 0.3) is 0 Å². The Kier molecular flexibility index (Phi) is 7.09. The van der Waals surface area contributed by atoms with Gasteiger partial charge in [0.05, 0.1) is 13.2 Å². The number of nitrogens with zero attached hydrogens (tertiary/aromatic N) is 2. The number of carbonyl (C=O) groups is 2. The van der Waals surface area contributed by atoms with Crippen LogP contribution in [0.25, 0.3) is 6.08 Å². The summed E-state index contributed by atoms with van der Waals surface area (Å²) in [6.07, 6.45) is 3.20. The molecule has 0 saturated carbocycles. The SMILES string of the molecule is CCOC(=O)CN1CCN(C(=O)/C=C/c2ccc(Cl)cc2Cl)CC1. The molecule has 1 aliphatic heterocycles. The first-order valence-electron chi connectivity index (χ1n) is 7.79. The van der Waals surface area contributed by atoms with Crippen molar-refractivity contribution in [2.45, 2.75) is 6.92 Å². The molecule has 0 aromatic heterocycles. The standard InChI is InChI=1S/C17H20Cl2N2O3/c1-2-24-17(23)12-20-7-9-21(10-8-20)16(22)6-4-13-3-5-14(18)11-15(13)19/h3-6,11H,2,7-10,12H2,1H3/b6-4+. The molecule has 0 spiro atoms. The fourth-order valence-electron chi connectivity index (χ4n) is 2.42. The lowest BCUT2D eigenvalue weighted by molar-refractivity contribution is -0.145. The predicted octanol–water partition coefficient (Wildman–Crippen LogP) is 2.71. The molecule has 1 heterocycles. The molecule has 0 aliphatic carbocycles. The summed E-state index contributed by atoms with van der Waals surface area (Å²) in [4.78, 5) is 27.4. The lowest BCUT2D eigenvalue weighted by Gasteiger charge is -2.33. The predicted molar refractivity (Wildman–Crippen MR) is 95.1 cm³/mol. The molecule has 0 N–H and O–H groups in total. The molecule has 0 bridgehead atoms. The lowest BCUT2D eigenvalue weighted by atomic mass is 10.2. The Balaban J connectivity index is 1.84. The number of rotatable bonds is 5. The van der Waals surface area contributed by atoms with Crippen LogP contribution in [-0.2, 0) is 14.3 Å². The van der Waals surface area contributed by atoms with Crippen molar-refractivity contribution in [3.8, 4) is 0 Å². The number of hydrogen-bond acceptors (Lipinski definition) is 4. The van der Waals surface area contributed by atoms with Crippen LogP contribution in [-0.4, -0.2) is 61.0 Å². The summed E-state index contributed by atoms with van der Waals surface area (Å²) in [5.74, 6) is -0.300. The quantitative estimate of drug-likeness (QED) is 0.590. The van der Waals surface area contributed by atoms with Crippen LogP contribution in [0.3, 0.4) is 0 Å². The second kappa shape index (κ2) is 9.06. The summed E-state index contributed by atoms with van der Waals surface area (Å²) >= 11 is 11.9. The third kappa shape index (κ3) is 5.51. The summed E-state index contributed by atoms with van der Waals surface area (Å²) in [7, 11) is 0. The monoisotopic (exact) mass is 370 g/mol. The van der Waals surface area contributed by atoms with Crippen molar-refractivity contribution in [3.05, 3.63) is 39.9 Å². The molecule has 1 saturated heterocycles. The number of carbonyl (C=O) groups excluding carboxylic acids is 2. The van der Waals surface area contributed by atoms with Crippen LogP contribution in [0, 0.1) is 0 Å². The maximum Gasteiger partial charge on any atom is 0.320 e. The Labute approximate surface area is 151 Å². The molecular weight excluding hydrogens is 351 g/mol. The number of esters is 1. The van der Waals surface area contributed by atoms with Crippen molar-refractivity contribution in [2.24, 2.45) is 0 Å². The van der Waals surface area contributed by atoms with E-state index in [2.05, 4.69) is 0 Å². The van der Waals surface area contributed by atoms with Gasteiger partial charge in [-0.3, -0.25) is 14.5 Å². The van der Waals surface area contributed by atoms with Gasteiger partial charge in [-0.1, -0.05) is 29.3 Å². The van der Waals surface area contributed by atoms with Crippen molar-refractivity contribution in [3.63, 3.8) is 0 Å². The van der Waals surface area contributed by atoms with Gasteiger partial charge in [0, 0.05) is 42.3 Å². The van der Waals surface area contributed by atoms with E-state index in [1.807, 2.05) is 4.90 Å². The molecule has 1 aliphatic rings. The first-order chi connectivity index (χ1) is 11.5. The zero-order valence-electron chi connectivity index (χ0n) is 13.5. The highest BCUT2D eigenvalue weighted by molar-refractivity contribution is 6.35. The number of benzene rings is 1. The average Bonchev–Trinajstić information content (AvgIpc) is 2.54. The first-order valence-corrected chi connectivity index (χ1v) is 8.55. The molecule has 0 radical (unpaired) electrons. The van der Waals surface area contributed by atoms with E-state index in [1.54, 1.807) is 36.1 Å². The van der Waals surface area contributed by atoms with Crippen LogP contribution < -0.4 is 0 Å². The highest BCUT2D eigenvalue weighted by Crippen LogP contribution is 2.22. The normalized spacial score (nSPS) is 15.7. The van der Waals surface area contributed by atoms with E-state index in [4.69, 9.17) is 27.9 Å². The van der Waals surface area contributed by atoms with Gasteiger partial charge in [0.15, 0.2) is 0 Å². The molecule has 7 heteroatoms. The molecule has 130 valence electrons. The van der Waals surface area contributed by atoms with Gasteiger partial charge in [0.2, 0.25) is 5.91 Å². The summed E-state index contributed by atoms with van der Waals surface area (Å²) in [6, 6.07) is 5.14. The Hall–Kier alpha value is -1.56. The van der Waals surface area contributed by atoms with Crippen LogP contribution in [0.4, 0.5) is 0 Å². The minimum absolute atomic E-state index is 0.0724. The highest BCUT2D eigenvalue weighted by Gasteiger charge is 2.21. The third-order valence-corrected chi connectivity index (χ3v) is 4.27. The molecule has 1 aromatic carbocycles. The van der Waals surface area contributed by atoms with Crippen molar-refractivity contribution in [2.75, 3.05) is 39.3 Å². The van der Waals surface area contributed by atoms with Gasteiger partial charge in [0.1, 0.15) is 0 Å². The van der Waals surface area contributed by atoms with E-state index in [0.717, 1.165) is 5.56 Å². The number of piperazine rings is 1. The molecular formula is C17H20Cl2N2O3. The first kappa shape index (κ1) is 18.8. The molecule has 0 unspecified atom stereocenters.